The highest BCUT2D eigenvalue weighted by atomic mass is 16.7. The van der Waals surface area contributed by atoms with Crippen molar-refractivity contribution in [2.75, 3.05) is 6.61 Å². The first kappa shape index (κ1) is 42.9. The summed E-state index contributed by atoms with van der Waals surface area (Å²) < 4.78 is 22.5. The van der Waals surface area contributed by atoms with Crippen LogP contribution < -0.4 is 0 Å². The zero-order valence-electron chi connectivity index (χ0n) is 33.6. The van der Waals surface area contributed by atoms with Gasteiger partial charge >= 0.3 is 23.9 Å². The molecule has 1 aliphatic heterocycles. The maximum Gasteiger partial charge on any atom is 0.337 e. The van der Waals surface area contributed by atoms with E-state index in [-0.39, 0.29) is 33.5 Å². The fourth-order valence-corrected chi connectivity index (χ4v) is 12.9. The lowest BCUT2D eigenvalue weighted by atomic mass is 9.33. The summed E-state index contributed by atoms with van der Waals surface area (Å²) in [6.45, 7) is 14.8. The number of aliphatic carboxylic acids is 4. The van der Waals surface area contributed by atoms with Gasteiger partial charge in [-0.1, -0.05) is 60.1 Å². The molecule has 6 aliphatic rings. The Bertz CT molecular complexity index is 1610. The van der Waals surface area contributed by atoms with Crippen LogP contribution in [-0.4, -0.2) is 115 Å². The minimum Gasteiger partial charge on any atom is -0.481 e. The van der Waals surface area contributed by atoms with Gasteiger partial charge in [0.25, 0.3) is 0 Å². The molecular formula is C41H62O15. The van der Waals surface area contributed by atoms with Crippen LogP contribution in [0.4, 0.5) is 0 Å². The fourth-order valence-electron chi connectivity index (χ4n) is 12.9. The zero-order chi connectivity index (χ0) is 41.6. The number of fused-ring (bicyclic) bond motifs is 7. The highest BCUT2D eigenvalue weighted by molar-refractivity contribution is 5.77. The average molecular weight is 795 g/mol. The Hall–Kier alpha value is -2.66. The van der Waals surface area contributed by atoms with E-state index in [1.807, 2.05) is 0 Å². The van der Waals surface area contributed by atoms with Crippen molar-refractivity contribution in [3.8, 4) is 0 Å². The Morgan fingerprint density at radius 2 is 1.52 bits per heavy atom. The summed E-state index contributed by atoms with van der Waals surface area (Å²) in [5.74, 6) is -5.22. The Morgan fingerprint density at radius 3 is 2.12 bits per heavy atom. The highest BCUT2D eigenvalue weighted by Crippen LogP contribution is 2.76. The molecule has 15 heteroatoms. The summed E-state index contributed by atoms with van der Waals surface area (Å²) in [6.07, 6.45) is -4.44. The van der Waals surface area contributed by atoms with Crippen LogP contribution in [0.1, 0.15) is 113 Å². The molecule has 6 rings (SSSR count). The van der Waals surface area contributed by atoms with Gasteiger partial charge in [-0.15, -0.1) is 0 Å². The second kappa shape index (κ2) is 14.6. The quantitative estimate of drug-likeness (QED) is 0.0886. The van der Waals surface area contributed by atoms with Crippen molar-refractivity contribution >= 4 is 23.9 Å². The highest BCUT2D eigenvalue weighted by Gasteiger charge is 2.69. The molecule has 56 heavy (non-hydrogen) atoms. The lowest BCUT2D eigenvalue weighted by Crippen LogP contribution is -2.66. The van der Waals surface area contributed by atoms with Crippen molar-refractivity contribution in [2.24, 2.45) is 50.2 Å². The predicted octanol–water partition coefficient (Wildman–Crippen LogP) is 4.05. The summed E-state index contributed by atoms with van der Waals surface area (Å²) in [7, 11) is 0. The van der Waals surface area contributed by atoms with Gasteiger partial charge in [0.2, 0.25) is 6.10 Å². The number of aliphatic hydroxyl groups is 3. The normalized spacial score (nSPS) is 45.0. The van der Waals surface area contributed by atoms with E-state index in [0.29, 0.717) is 25.2 Å². The molecule has 7 N–H and O–H groups in total. The summed E-state index contributed by atoms with van der Waals surface area (Å²) in [5, 5.41) is 71.6. The second-order valence-corrected chi connectivity index (χ2v) is 19.9. The van der Waals surface area contributed by atoms with Crippen molar-refractivity contribution in [1.82, 2.24) is 0 Å². The van der Waals surface area contributed by atoms with Gasteiger partial charge in [-0.05, 0) is 109 Å². The molecule has 0 bridgehead atoms. The number of rotatable bonds is 11. The zero-order valence-corrected chi connectivity index (χ0v) is 33.6. The predicted molar refractivity (Wildman–Crippen MR) is 196 cm³/mol. The SMILES string of the molecule is CC1(C)CCC2(C(=O)O)CCC3(C)C(=CCC4C5(C)CCC(OC6OC(C(=O)O)C(O)C(OC(OCC(=O)O)C(O)C(=O)O)C6O)C(C)(C)C5CCC43C)C2C1. The van der Waals surface area contributed by atoms with Crippen molar-refractivity contribution in [1.29, 1.82) is 0 Å². The molecule has 5 fully saturated rings. The molecule has 316 valence electrons. The maximum atomic E-state index is 13.0. The van der Waals surface area contributed by atoms with Crippen molar-refractivity contribution in [2.45, 2.75) is 162 Å². The number of allylic oxidation sites excluding steroid dienone is 2. The molecule has 4 saturated carbocycles. The van der Waals surface area contributed by atoms with Crippen LogP contribution in [0.5, 0.6) is 0 Å². The lowest BCUT2D eigenvalue weighted by Gasteiger charge is -2.71. The Labute approximate surface area is 327 Å². The first-order chi connectivity index (χ1) is 25.9. The van der Waals surface area contributed by atoms with Crippen LogP contribution in [0.25, 0.3) is 0 Å². The van der Waals surface area contributed by atoms with Gasteiger partial charge in [0, 0.05) is 0 Å². The van der Waals surface area contributed by atoms with Crippen LogP contribution in [0.2, 0.25) is 0 Å². The lowest BCUT2D eigenvalue weighted by molar-refractivity contribution is -0.345. The summed E-state index contributed by atoms with van der Waals surface area (Å²) in [4.78, 5) is 48.0. The first-order valence-electron chi connectivity index (χ1n) is 20.1. The van der Waals surface area contributed by atoms with Crippen molar-refractivity contribution < 1.29 is 73.9 Å². The third-order valence-electron chi connectivity index (χ3n) is 16.3. The number of hydrogen-bond acceptors (Lipinski definition) is 11. The molecule has 0 aromatic heterocycles. The van der Waals surface area contributed by atoms with Gasteiger partial charge in [0.05, 0.1) is 11.5 Å². The Kier molecular flexibility index (Phi) is 11.2. The molecule has 5 aliphatic carbocycles. The number of carboxylic acids is 4. The van der Waals surface area contributed by atoms with Gasteiger partial charge < -0.3 is 54.7 Å². The molecule has 0 radical (unpaired) electrons. The van der Waals surface area contributed by atoms with Gasteiger partial charge in [-0.2, -0.15) is 0 Å². The van der Waals surface area contributed by atoms with Crippen molar-refractivity contribution in [3.05, 3.63) is 11.6 Å². The standard InChI is InChI=1S/C41H62O15/c1-36(2)14-16-41(35(51)52)17-15-39(6)20(21(41)18-36)8-9-23-38(5)12-11-24(37(3,4)22(38)10-13-40(23,39)7)54-34-27(45)29(26(44)30(56-34)32(49)50)55-33(28(46)31(47)48)53-19-25(42)43/h8,21-24,26-30,33-34,44-46H,9-19H2,1-7H3,(H,42,43)(H,47,48)(H,49,50)(H,51,52). The van der Waals surface area contributed by atoms with Crippen molar-refractivity contribution in [3.63, 3.8) is 0 Å². The number of ether oxygens (including phenoxy) is 4. The molecule has 0 spiro atoms. The third kappa shape index (κ3) is 6.70. The second-order valence-electron chi connectivity index (χ2n) is 19.9. The van der Waals surface area contributed by atoms with E-state index in [0.717, 1.165) is 44.9 Å². The number of carbonyl (C=O) groups is 4. The van der Waals surface area contributed by atoms with Crippen LogP contribution in [-0.2, 0) is 38.1 Å². The van der Waals surface area contributed by atoms with E-state index >= 15 is 0 Å². The molecule has 1 heterocycles. The molecule has 1 saturated heterocycles. The van der Waals surface area contributed by atoms with Gasteiger partial charge in [0.1, 0.15) is 24.9 Å². The third-order valence-corrected chi connectivity index (χ3v) is 16.3. The van der Waals surface area contributed by atoms with Gasteiger partial charge in [-0.25, -0.2) is 14.4 Å². The molecular weight excluding hydrogens is 732 g/mol. The van der Waals surface area contributed by atoms with Gasteiger partial charge in [-0.3, -0.25) is 4.79 Å². The molecule has 15 atom stereocenters. The maximum absolute atomic E-state index is 13.0. The Morgan fingerprint density at radius 1 is 0.857 bits per heavy atom. The van der Waals surface area contributed by atoms with Gasteiger partial charge in [0.15, 0.2) is 18.7 Å². The number of carboxylic acid groups (broad SMARTS) is 4. The van der Waals surface area contributed by atoms with Crippen LogP contribution in [0.15, 0.2) is 11.6 Å². The average Bonchev–Trinajstić information content (AvgIpc) is 3.09. The fraction of sp³-hybridized carbons (Fsp3) is 0.854. The molecule has 0 amide bonds. The molecule has 0 aromatic carbocycles. The molecule has 15 nitrogen and oxygen atoms in total. The Balaban J connectivity index is 1.25. The van der Waals surface area contributed by atoms with E-state index in [1.165, 1.54) is 5.57 Å². The van der Waals surface area contributed by atoms with E-state index in [2.05, 4.69) is 54.5 Å². The van der Waals surface area contributed by atoms with E-state index in [1.54, 1.807) is 0 Å². The van der Waals surface area contributed by atoms with E-state index < -0.39 is 90.5 Å². The minimum absolute atomic E-state index is 0.000609. The monoisotopic (exact) mass is 794 g/mol. The smallest absolute Gasteiger partial charge is 0.337 e. The van der Waals surface area contributed by atoms with Crippen LogP contribution in [0.3, 0.4) is 0 Å². The molecule has 15 unspecified atom stereocenters. The number of hydrogen-bond donors (Lipinski definition) is 7. The number of aliphatic hydroxyl groups excluding tert-OH is 3. The van der Waals surface area contributed by atoms with Crippen LogP contribution in [0, 0.1) is 50.2 Å². The van der Waals surface area contributed by atoms with Crippen LogP contribution >= 0.6 is 0 Å². The van der Waals surface area contributed by atoms with E-state index in [9.17, 15) is 49.8 Å². The first-order valence-corrected chi connectivity index (χ1v) is 20.1. The van der Waals surface area contributed by atoms with E-state index in [4.69, 9.17) is 24.1 Å². The summed E-state index contributed by atoms with van der Waals surface area (Å²) in [5.41, 5.74) is -0.246. The summed E-state index contributed by atoms with van der Waals surface area (Å²) in [6, 6.07) is 0. The largest absolute Gasteiger partial charge is 0.481 e. The minimum atomic E-state index is -2.44. The topological polar surface area (TPSA) is 247 Å². The molecule has 0 aromatic rings. The summed E-state index contributed by atoms with van der Waals surface area (Å²) >= 11 is 0.